The van der Waals surface area contributed by atoms with Crippen molar-refractivity contribution >= 4 is 11.7 Å². The van der Waals surface area contributed by atoms with E-state index in [9.17, 15) is 4.79 Å². The molecule has 1 aromatic carbocycles. The zero-order chi connectivity index (χ0) is 13.7. The van der Waals surface area contributed by atoms with Crippen molar-refractivity contribution < 1.29 is 4.79 Å². The summed E-state index contributed by atoms with van der Waals surface area (Å²) >= 11 is 0. The summed E-state index contributed by atoms with van der Waals surface area (Å²) in [6.07, 6.45) is 1.49. The highest BCUT2D eigenvalue weighted by Crippen LogP contribution is 2.12. The molecule has 1 aromatic heterocycles. The molecule has 1 amide bonds. The fourth-order valence-electron chi connectivity index (χ4n) is 1.72. The first kappa shape index (κ1) is 13.0. The first-order chi connectivity index (χ1) is 9.20. The van der Waals surface area contributed by atoms with Crippen LogP contribution in [0.1, 0.15) is 28.9 Å². The summed E-state index contributed by atoms with van der Waals surface area (Å²) in [7, 11) is 0. The van der Waals surface area contributed by atoms with Gasteiger partial charge in [-0.15, -0.1) is 0 Å². The van der Waals surface area contributed by atoms with Crippen LogP contribution in [0.3, 0.4) is 0 Å². The van der Waals surface area contributed by atoms with Crippen LogP contribution in [0.2, 0.25) is 0 Å². The van der Waals surface area contributed by atoms with Crippen LogP contribution in [0.15, 0.2) is 48.7 Å². The lowest BCUT2D eigenvalue weighted by Gasteiger charge is -2.14. The van der Waals surface area contributed by atoms with Gasteiger partial charge in [0.15, 0.2) is 0 Å². The number of nitrogens with one attached hydrogen (secondary N) is 2. The maximum absolute atomic E-state index is 12.0. The van der Waals surface area contributed by atoms with Crippen molar-refractivity contribution in [2.75, 3.05) is 5.43 Å². The average Bonchev–Trinajstić information content (AvgIpc) is 2.48. The number of anilines is 1. The largest absolute Gasteiger partial charge is 0.345 e. The number of hydrogen-bond acceptors (Lipinski definition) is 4. The SMILES string of the molecule is CC(NC(=O)c1ccc(NN)nc1)c1ccccc1. The molecule has 19 heavy (non-hydrogen) atoms. The molecule has 0 saturated carbocycles. The first-order valence-corrected chi connectivity index (χ1v) is 5.99. The van der Waals surface area contributed by atoms with E-state index in [1.807, 2.05) is 37.3 Å². The molecular weight excluding hydrogens is 240 g/mol. The quantitative estimate of drug-likeness (QED) is 0.576. The van der Waals surface area contributed by atoms with Crippen molar-refractivity contribution in [3.05, 3.63) is 59.8 Å². The monoisotopic (exact) mass is 256 g/mol. The predicted molar refractivity (Wildman–Crippen MR) is 74.4 cm³/mol. The first-order valence-electron chi connectivity index (χ1n) is 5.99. The van der Waals surface area contributed by atoms with E-state index in [1.54, 1.807) is 12.1 Å². The summed E-state index contributed by atoms with van der Waals surface area (Å²) in [6, 6.07) is 13.1. The molecule has 2 aromatic rings. The number of amides is 1. The van der Waals surface area contributed by atoms with E-state index in [2.05, 4.69) is 15.7 Å². The van der Waals surface area contributed by atoms with Gasteiger partial charge in [-0.1, -0.05) is 30.3 Å². The van der Waals surface area contributed by atoms with Crippen molar-refractivity contribution in [1.82, 2.24) is 10.3 Å². The summed E-state index contributed by atoms with van der Waals surface area (Å²) < 4.78 is 0. The molecular formula is C14H16N4O. The number of carbonyl (C=O) groups is 1. The molecule has 0 bridgehead atoms. The topological polar surface area (TPSA) is 80.0 Å². The molecule has 4 N–H and O–H groups in total. The van der Waals surface area contributed by atoms with E-state index in [-0.39, 0.29) is 11.9 Å². The Morgan fingerprint density at radius 2 is 1.95 bits per heavy atom. The fourth-order valence-corrected chi connectivity index (χ4v) is 1.72. The molecule has 0 radical (unpaired) electrons. The van der Waals surface area contributed by atoms with Crippen LogP contribution in [-0.2, 0) is 0 Å². The number of pyridine rings is 1. The van der Waals surface area contributed by atoms with Crippen LogP contribution in [0, 0.1) is 0 Å². The molecule has 0 fully saturated rings. The zero-order valence-corrected chi connectivity index (χ0v) is 10.6. The van der Waals surface area contributed by atoms with Gasteiger partial charge in [0.05, 0.1) is 11.6 Å². The Bertz CT molecular complexity index is 539. The van der Waals surface area contributed by atoms with E-state index in [0.29, 0.717) is 11.4 Å². The molecule has 0 spiro atoms. The van der Waals surface area contributed by atoms with Crippen molar-refractivity contribution in [3.63, 3.8) is 0 Å². The van der Waals surface area contributed by atoms with E-state index in [1.165, 1.54) is 6.20 Å². The van der Waals surface area contributed by atoms with Crippen LogP contribution in [0.25, 0.3) is 0 Å². The van der Waals surface area contributed by atoms with Crippen molar-refractivity contribution in [3.8, 4) is 0 Å². The maximum atomic E-state index is 12.0. The van der Waals surface area contributed by atoms with E-state index in [4.69, 9.17) is 5.84 Å². The molecule has 0 aliphatic carbocycles. The van der Waals surface area contributed by atoms with E-state index in [0.717, 1.165) is 5.56 Å². The number of nitrogens with two attached hydrogens (primary N) is 1. The smallest absolute Gasteiger partial charge is 0.253 e. The number of hydrogen-bond donors (Lipinski definition) is 3. The number of hydrazine groups is 1. The van der Waals surface area contributed by atoms with Gasteiger partial charge in [-0.05, 0) is 24.6 Å². The Morgan fingerprint density at radius 3 is 2.53 bits per heavy atom. The summed E-state index contributed by atoms with van der Waals surface area (Å²) in [6.45, 7) is 1.94. The fraction of sp³-hybridized carbons (Fsp3) is 0.143. The second-order valence-corrected chi connectivity index (χ2v) is 4.18. The van der Waals surface area contributed by atoms with Gasteiger partial charge in [0, 0.05) is 6.20 Å². The highest BCUT2D eigenvalue weighted by Gasteiger charge is 2.11. The van der Waals surface area contributed by atoms with Crippen LogP contribution in [0.4, 0.5) is 5.82 Å². The van der Waals surface area contributed by atoms with Crippen molar-refractivity contribution in [2.24, 2.45) is 5.84 Å². The highest BCUT2D eigenvalue weighted by molar-refractivity contribution is 5.94. The van der Waals surface area contributed by atoms with E-state index >= 15 is 0 Å². The third-order valence-corrected chi connectivity index (χ3v) is 2.82. The van der Waals surface area contributed by atoms with Crippen LogP contribution < -0.4 is 16.6 Å². The standard InChI is InChI=1S/C14H16N4O/c1-10(11-5-3-2-4-6-11)17-14(19)12-7-8-13(18-15)16-9-12/h2-10H,15H2,1H3,(H,16,18)(H,17,19). The van der Waals surface area contributed by atoms with E-state index < -0.39 is 0 Å². The maximum Gasteiger partial charge on any atom is 0.253 e. The van der Waals surface area contributed by atoms with Gasteiger partial charge in [0.1, 0.15) is 5.82 Å². The molecule has 0 saturated heterocycles. The second-order valence-electron chi connectivity index (χ2n) is 4.18. The average molecular weight is 256 g/mol. The number of nitrogens with zero attached hydrogens (tertiary/aromatic N) is 1. The molecule has 5 nitrogen and oxygen atoms in total. The summed E-state index contributed by atoms with van der Waals surface area (Å²) in [5.74, 6) is 5.58. The third-order valence-electron chi connectivity index (χ3n) is 2.82. The predicted octanol–water partition coefficient (Wildman–Crippen LogP) is 1.86. The Kier molecular flexibility index (Phi) is 4.10. The Balaban J connectivity index is 2.04. The number of carbonyl (C=O) groups excluding carboxylic acids is 1. The molecule has 1 atom stereocenters. The van der Waals surface area contributed by atoms with Gasteiger partial charge in [0.2, 0.25) is 0 Å². The molecule has 0 aliphatic rings. The third kappa shape index (κ3) is 3.29. The lowest BCUT2D eigenvalue weighted by atomic mass is 10.1. The number of aromatic nitrogens is 1. The molecule has 1 unspecified atom stereocenters. The normalized spacial score (nSPS) is 11.7. The van der Waals surface area contributed by atoms with Gasteiger partial charge in [-0.25, -0.2) is 10.8 Å². The van der Waals surface area contributed by atoms with Crippen LogP contribution in [0.5, 0.6) is 0 Å². The minimum Gasteiger partial charge on any atom is -0.345 e. The molecule has 5 heteroatoms. The van der Waals surface area contributed by atoms with Gasteiger partial charge in [0.25, 0.3) is 5.91 Å². The number of benzene rings is 1. The highest BCUT2D eigenvalue weighted by atomic mass is 16.1. The molecule has 98 valence electrons. The van der Waals surface area contributed by atoms with Gasteiger partial charge < -0.3 is 10.7 Å². The lowest BCUT2D eigenvalue weighted by molar-refractivity contribution is 0.0939. The van der Waals surface area contributed by atoms with Crippen LogP contribution >= 0.6 is 0 Å². The van der Waals surface area contributed by atoms with Gasteiger partial charge >= 0.3 is 0 Å². The molecule has 1 heterocycles. The minimum atomic E-state index is -0.160. The minimum absolute atomic E-state index is 0.0546. The summed E-state index contributed by atoms with van der Waals surface area (Å²) in [5, 5.41) is 2.92. The summed E-state index contributed by atoms with van der Waals surface area (Å²) in [5.41, 5.74) is 3.98. The Morgan fingerprint density at radius 1 is 1.21 bits per heavy atom. The summed E-state index contributed by atoms with van der Waals surface area (Å²) in [4.78, 5) is 16.0. The number of rotatable bonds is 4. The Labute approximate surface area is 111 Å². The van der Waals surface area contributed by atoms with Crippen LogP contribution in [-0.4, -0.2) is 10.9 Å². The van der Waals surface area contributed by atoms with Gasteiger partial charge in [-0.3, -0.25) is 4.79 Å². The molecule has 0 aliphatic heterocycles. The van der Waals surface area contributed by atoms with Gasteiger partial charge in [-0.2, -0.15) is 0 Å². The van der Waals surface area contributed by atoms with Crippen molar-refractivity contribution in [2.45, 2.75) is 13.0 Å². The number of nitrogen functional groups attached to an aromatic ring is 1. The zero-order valence-electron chi connectivity index (χ0n) is 10.6. The van der Waals surface area contributed by atoms with Crippen molar-refractivity contribution in [1.29, 1.82) is 0 Å². The Hall–Kier alpha value is -2.40. The lowest BCUT2D eigenvalue weighted by Crippen LogP contribution is -2.26. The molecule has 2 rings (SSSR count). The second kappa shape index (κ2) is 5.97.